The van der Waals surface area contributed by atoms with Crippen molar-refractivity contribution in [1.82, 2.24) is 10.6 Å². The van der Waals surface area contributed by atoms with Gasteiger partial charge in [-0.05, 0) is 56.9 Å². The minimum Gasteiger partial charge on any atom is -0.314 e. The van der Waals surface area contributed by atoms with Crippen molar-refractivity contribution in [2.75, 3.05) is 6.54 Å². The van der Waals surface area contributed by atoms with Gasteiger partial charge in [0.1, 0.15) is 0 Å². The van der Waals surface area contributed by atoms with Crippen molar-refractivity contribution in [3.05, 3.63) is 0 Å². The van der Waals surface area contributed by atoms with Gasteiger partial charge in [0, 0.05) is 18.1 Å². The van der Waals surface area contributed by atoms with Crippen LogP contribution in [0.5, 0.6) is 0 Å². The van der Waals surface area contributed by atoms with Crippen LogP contribution in [-0.4, -0.2) is 24.7 Å². The van der Waals surface area contributed by atoms with Gasteiger partial charge in [-0.25, -0.2) is 0 Å². The summed E-state index contributed by atoms with van der Waals surface area (Å²) in [6, 6.07) is 2.45. The van der Waals surface area contributed by atoms with Gasteiger partial charge in [0.2, 0.25) is 0 Å². The fraction of sp³-hybridized carbons (Fsp3) is 1.00. The molecule has 3 fully saturated rings. The van der Waals surface area contributed by atoms with Crippen molar-refractivity contribution in [2.45, 2.75) is 95.7 Å². The molecule has 116 valence electrons. The summed E-state index contributed by atoms with van der Waals surface area (Å²) in [7, 11) is 0. The SMILES string of the molecule is CCC1CCCC(NC2CCCC2C2CCCCN2)C1. The molecule has 2 saturated carbocycles. The molecule has 2 aliphatic carbocycles. The van der Waals surface area contributed by atoms with Crippen LogP contribution in [-0.2, 0) is 0 Å². The summed E-state index contributed by atoms with van der Waals surface area (Å²) in [6.45, 7) is 3.63. The van der Waals surface area contributed by atoms with E-state index in [1.165, 1.54) is 77.2 Å². The standard InChI is InChI=1S/C18H34N2/c1-2-14-7-5-8-15(13-14)20-18-11-6-9-16(18)17-10-3-4-12-19-17/h14-20H,2-13H2,1H3. The number of hydrogen-bond donors (Lipinski definition) is 2. The van der Waals surface area contributed by atoms with Gasteiger partial charge >= 0.3 is 0 Å². The number of rotatable bonds is 4. The number of hydrogen-bond acceptors (Lipinski definition) is 2. The maximum Gasteiger partial charge on any atom is 0.0113 e. The first-order valence-corrected chi connectivity index (χ1v) is 9.36. The fourth-order valence-electron chi connectivity index (χ4n) is 5.04. The fourth-order valence-corrected chi connectivity index (χ4v) is 5.04. The van der Waals surface area contributed by atoms with Crippen molar-refractivity contribution < 1.29 is 0 Å². The Morgan fingerprint density at radius 1 is 0.950 bits per heavy atom. The molecular formula is C18H34N2. The summed E-state index contributed by atoms with van der Waals surface area (Å²) < 4.78 is 0. The molecule has 3 aliphatic rings. The zero-order chi connectivity index (χ0) is 13.8. The predicted octanol–water partition coefficient (Wildman–Crippen LogP) is 3.86. The highest BCUT2D eigenvalue weighted by molar-refractivity contribution is 4.94. The molecule has 0 aromatic rings. The summed E-state index contributed by atoms with van der Waals surface area (Å²) in [5.41, 5.74) is 0. The monoisotopic (exact) mass is 278 g/mol. The zero-order valence-corrected chi connectivity index (χ0v) is 13.4. The van der Waals surface area contributed by atoms with Crippen LogP contribution in [0.3, 0.4) is 0 Å². The first kappa shape index (κ1) is 14.8. The van der Waals surface area contributed by atoms with E-state index in [0.29, 0.717) is 0 Å². The van der Waals surface area contributed by atoms with Crippen molar-refractivity contribution >= 4 is 0 Å². The Balaban J connectivity index is 1.52. The first-order chi connectivity index (χ1) is 9.86. The van der Waals surface area contributed by atoms with E-state index in [4.69, 9.17) is 0 Å². The molecule has 2 N–H and O–H groups in total. The molecule has 0 spiro atoms. The quantitative estimate of drug-likeness (QED) is 0.816. The van der Waals surface area contributed by atoms with Gasteiger partial charge < -0.3 is 10.6 Å². The Morgan fingerprint density at radius 3 is 2.65 bits per heavy atom. The highest BCUT2D eigenvalue weighted by Crippen LogP contribution is 2.34. The predicted molar refractivity (Wildman–Crippen MR) is 85.9 cm³/mol. The summed E-state index contributed by atoms with van der Waals surface area (Å²) in [5, 5.41) is 7.90. The summed E-state index contributed by atoms with van der Waals surface area (Å²) in [5.74, 6) is 1.91. The smallest absolute Gasteiger partial charge is 0.0113 e. The van der Waals surface area contributed by atoms with Crippen LogP contribution >= 0.6 is 0 Å². The summed E-state index contributed by atoms with van der Waals surface area (Å²) in [6.07, 6.45) is 15.8. The molecule has 1 aliphatic heterocycles. The molecule has 5 atom stereocenters. The van der Waals surface area contributed by atoms with E-state index in [2.05, 4.69) is 17.6 Å². The number of piperidine rings is 1. The van der Waals surface area contributed by atoms with E-state index in [1.807, 2.05) is 0 Å². The molecule has 2 heteroatoms. The van der Waals surface area contributed by atoms with E-state index in [0.717, 1.165) is 30.0 Å². The Bertz CT molecular complexity index is 285. The van der Waals surface area contributed by atoms with E-state index in [9.17, 15) is 0 Å². The lowest BCUT2D eigenvalue weighted by atomic mass is 9.82. The van der Waals surface area contributed by atoms with Gasteiger partial charge in [-0.2, -0.15) is 0 Å². The van der Waals surface area contributed by atoms with Gasteiger partial charge in [0.15, 0.2) is 0 Å². The second kappa shape index (κ2) is 7.26. The molecule has 0 aromatic heterocycles. The van der Waals surface area contributed by atoms with Crippen molar-refractivity contribution in [2.24, 2.45) is 11.8 Å². The van der Waals surface area contributed by atoms with Gasteiger partial charge in [-0.15, -0.1) is 0 Å². The molecule has 0 amide bonds. The molecule has 3 rings (SSSR count). The van der Waals surface area contributed by atoms with Crippen LogP contribution < -0.4 is 10.6 Å². The Labute approximate surface area is 125 Å². The molecule has 1 saturated heterocycles. The minimum absolute atomic E-state index is 0.811. The molecule has 0 radical (unpaired) electrons. The van der Waals surface area contributed by atoms with Crippen LogP contribution in [0.15, 0.2) is 0 Å². The molecule has 2 nitrogen and oxygen atoms in total. The van der Waals surface area contributed by atoms with Gasteiger partial charge in [-0.3, -0.25) is 0 Å². The van der Waals surface area contributed by atoms with E-state index < -0.39 is 0 Å². The number of nitrogens with one attached hydrogen (secondary N) is 2. The van der Waals surface area contributed by atoms with Crippen molar-refractivity contribution in [1.29, 1.82) is 0 Å². The Morgan fingerprint density at radius 2 is 1.85 bits per heavy atom. The highest BCUT2D eigenvalue weighted by Gasteiger charge is 2.35. The van der Waals surface area contributed by atoms with Gasteiger partial charge in [0.05, 0.1) is 0 Å². The topological polar surface area (TPSA) is 24.1 Å². The van der Waals surface area contributed by atoms with Gasteiger partial charge in [-0.1, -0.05) is 39.0 Å². The average molecular weight is 278 g/mol. The third-order valence-corrected chi connectivity index (χ3v) is 6.24. The third-order valence-electron chi connectivity index (χ3n) is 6.24. The summed E-state index contributed by atoms with van der Waals surface area (Å²) >= 11 is 0. The van der Waals surface area contributed by atoms with E-state index >= 15 is 0 Å². The normalized spacial score (nSPS) is 42.8. The lowest BCUT2D eigenvalue weighted by Crippen LogP contribution is -2.50. The minimum atomic E-state index is 0.811. The Hall–Kier alpha value is -0.0800. The average Bonchev–Trinajstić information content (AvgIpc) is 2.96. The van der Waals surface area contributed by atoms with Gasteiger partial charge in [0.25, 0.3) is 0 Å². The van der Waals surface area contributed by atoms with Crippen LogP contribution in [0.1, 0.15) is 77.6 Å². The maximum absolute atomic E-state index is 4.09. The first-order valence-electron chi connectivity index (χ1n) is 9.36. The van der Waals surface area contributed by atoms with Crippen molar-refractivity contribution in [3.63, 3.8) is 0 Å². The molecule has 1 heterocycles. The van der Waals surface area contributed by atoms with Crippen LogP contribution in [0.25, 0.3) is 0 Å². The zero-order valence-electron chi connectivity index (χ0n) is 13.4. The molecule has 5 unspecified atom stereocenters. The van der Waals surface area contributed by atoms with E-state index in [-0.39, 0.29) is 0 Å². The highest BCUT2D eigenvalue weighted by atomic mass is 15.0. The van der Waals surface area contributed by atoms with Crippen LogP contribution in [0, 0.1) is 11.8 Å². The molecule has 20 heavy (non-hydrogen) atoms. The maximum atomic E-state index is 4.09. The largest absolute Gasteiger partial charge is 0.314 e. The molecule has 0 aromatic carbocycles. The Kier molecular flexibility index (Phi) is 5.39. The molecule has 0 bridgehead atoms. The third kappa shape index (κ3) is 3.57. The second-order valence-corrected chi connectivity index (χ2v) is 7.56. The second-order valence-electron chi connectivity index (χ2n) is 7.56. The lowest BCUT2D eigenvalue weighted by Gasteiger charge is -2.37. The lowest BCUT2D eigenvalue weighted by molar-refractivity contribution is 0.211. The van der Waals surface area contributed by atoms with E-state index in [1.54, 1.807) is 0 Å². The van der Waals surface area contributed by atoms with Crippen LogP contribution in [0.4, 0.5) is 0 Å². The summed E-state index contributed by atoms with van der Waals surface area (Å²) in [4.78, 5) is 0. The van der Waals surface area contributed by atoms with Crippen LogP contribution in [0.2, 0.25) is 0 Å². The van der Waals surface area contributed by atoms with Crippen molar-refractivity contribution in [3.8, 4) is 0 Å². The molecular weight excluding hydrogens is 244 g/mol.